The van der Waals surface area contributed by atoms with E-state index in [1.54, 1.807) is 0 Å². The Morgan fingerprint density at radius 2 is 1.63 bits per heavy atom. The van der Waals surface area contributed by atoms with Gasteiger partial charge in [-0.3, -0.25) is 0 Å². The van der Waals surface area contributed by atoms with Crippen LogP contribution in [0.25, 0.3) is 0 Å². The number of carbonyl (C=O) groups is 1. The second-order valence-electron chi connectivity index (χ2n) is 7.21. The Labute approximate surface area is 162 Å². The summed E-state index contributed by atoms with van der Waals surface area (Å²) in [6, 6.07) is 8.03. The predicted octanol–water partition coefficient (Wildman–Crippen LogP) is 5.20. The third kappa shape index (κ3) is 5.19. The summed E-state index contributed by atoms with van der Waals surface area (Å²) in [4.78, 5) is 19.1. The van der Waals surface area contributed by atoms with Gasteiger partial charge >= 0.3 is 5.97 Å². The molecular formula is C23H30N2O2. The van der Waals surface area contributed by atoms with Gasteiger partial charge in [-0.2, -0.15) is 0 Å². The highest BCUT2D eigenvalue weighted by molar-refractivity contribution is 5.92. The van der Waals surface area contributed by atoms with Gasteiger partial charge in [0.1, 0.15) is 6.61 Å². The number of hydrogen-bond acceptors (Lipinski definition) is 3. The number of carbonyl (C=O) groups excluding carboxylic acids is 1. The SMILES string of the molecule is CCN(C)C=Nc1cc(C)c(C(=O)OCc2cc(C)c(C)cc2C)cc1C. The largest absolute Gasteiger partial charge is 0.457 e. The normalized spacial score (nSPS) is 11.1. The van der Waals surface area contributed by atoms with E-state index in [1.807, 2.05) is 51.2 Å². The summed E-state index contributed by atoms with van der Waals surface area (Å²) in [5.74, 6) is -0.297. The van der Waals surface area contributed by atoms with Gasteiger partial charge in [-0.25, -0.2) is 9.79 Å². The summed E-state index contributed by atoms with van der Waals surface area (Å²) < 4.78 is 5.60. The maximum Gasteiger partial charge on any atom is 0.338 e. The zero-order valence-electron chi connectivity index (χ0n) is 17.5. The molecule has 0 bridgehead atoms. The van der Waals surface area contributed by atoms with E-state index in [0.717, 1.165) is 34.5 Å². The van der Waals surface area contributed by atoms with Crippen LogP contribution >= 0.6 is 0 Å². The summed E-state index contributed by atoms with van der Waals surface area (Å²) in [7, 11) is 1.98. The molecule has 0 saturated carbocycles. The predicted molar refractivity (Wildman–Crippen MR) is 112 cm³/mol. The molecule has 4 nitrogen and oxygen atoms in total. The van der Waals surface area contributed by atoms with Crippen molar-refractivity contribution in [2.75, 3.05) is 13.6 Å². The van der Waals surface area contributed by atoms with E-state index in [0.29, 0.717) is 5.56 Å². The Balaban J connectivity index is 2.16. The molecular weight excluding hydrogens is 336 g/mol. The van der Waals surface area contributed by atoms with E-state index < -0.39 is 0 Å². The highest BCUT2D eigenvalue weighted by atomic mass is 16.5. The summed E-state index contributed by atoms with van der Waals surface area (Å²) in [5, 5.41) is 0. The fourth-order valence-corrected chi connectivity index (χ4v) is 2.80. The van der Waals surface area contributed by atoms with Crippen molar-refractivity contribution in [2.24, 2.45) is 4.99 Å². The van der Waals surface area contributed by atoms with Crippen LogP contribution in [0.15, 0.2) is 29.3 Å². The summed E-state index contributed by atoms with van der Waals surface area (Å²) >= 11 is 0. The number of aryl methyl sites for hydroxylation is 5. The van der Waals surface area contributed by atoms with Crippen molar-refractivity contribution < 1.29 is 9.53 Å². The molecule has 0 N–H and O–H groups in total. The minimum absolute atomic E-state index is 0.283. The number of aliphatic imine (C=N–C) groups is 1. The first-order valence-electron chi connectivity index (χ1n) is 9.32. The number of ether oxygens (including phenoxy) is 1. The molecule has 0 saturated heterocycles. The van der Waals surface area contributed by atoms with Gasteiger partial charge < -0.3 is 9.64 Å². The van der Waals surface area contributed by atoms with Crippen molar-refractivity contribution in [1.29, 1.82) is 0 Å². The summed E-state index contributed by atoms with van der Waals surface area (Å²) in [5.41, 5.74) is 7.93. The highest BCUT2D eigenvalue weighted by Crippen LogP contribution is 2.24. The second kappa shape index (κ2) is 8.85. The van der Waals surface area contributed by atoms with E-state index in [-0.39, 0.29) is 12.6 Å². The van der Waals surface area contributed by atoms with E-state index in [1.165, 1.54) is 11.1 Å². The summed E-state index contributed by atoms with van der Waals surface area (Å²) in [6.45, 7) is 13.3. The van der Waals surface area contributed by atoms with Crippen molar-refractivity contribution >= 4 is 18.0 Å². The van der Waals surface area contributed by atoms with Gasteiger partial charge in [-0.15, -0.1) is 0 Å². The molecule has 0 aromatic heterocycles. The van der Waals surface area contributed by atoms with E-state index >= 15 is 0 Å². The molecule has 2 aromatic carbocycles. The molecule has 0 radical (unpaired) electrons. The lowest BCUT2D eigenvalue weighted by molar-refractivity contribution is 0.0471. The summed E-state index contributed by atoms with van der Waals surface area (Å²) in [6.07, 6.45) is 1.81. The molecule has 0 aliphatic heterocycles. The Kier molecular flexibility index (Phi) is 6.78. The molecule has 0 unspecified atom stereocenters. The number of hydrogen-bond donors (Lipinski definition) is 0. The molecule has 0 fully saturated rings. The lowest BCUT2D eigenvalue weighted by Crippen LogP contribution is -2.14. The van der Waals surface area contributed by atoms with Gasteiger partial charge in [0, 0.05) is 13.6 Å². The Hall–Kier alpha value is -2.62. The fourth-order valence-electron chi connectivity index (χ4n) is 2.80. The minimum Gasteiger partial charge on any atom is -0.457 e. The minimum atomic E-state index is -0.297. The molecule has 0 aliphatic rings. The first-order chi connectivity index (χ1) is 12.7. The van der Waals surface area contributed by atoms with Crippen molar-refractivity contribution in [3.8, 4) is 0 Å². The smallest absolute Gasteiger partial charge is 0.338 e. The van der Waals surface area contributed by atoms with Crippen LogP contribution in [-0.2, 0) is 11.3 Å². The molecule has 0 aliphatic carbocycles. The van der Waals surface area contributed by atoms with Crippen molar-refractivity contribution in [2.45, 2.75) is 48.1 Å². The van der Waals surface area contributed by atoms with Crippen LogP contribution in [0.3, 0.4) is 0 Å². The molecule has 2 aromatic rings. The topological polar surface area (TPSA) is 41.9 Å². The quantitative estimate of drug-likeness (QED) is 0.401. The van der Waals surface area contributed by atoms with Gasteiger partial charge in [-0.05, 0) is 87.1 Å². The maximum atomic E-state index is 12.6. The molecule has 144 valence electrons. The highest BCUT2D eigenvalue weighted by Gasteiger charge is 2.14. The number of rotatable bonds is 6. The standard InChI is InChI=1S/C23H30N2O2/c1-8-25(7)14-24-22-12-18(5)21(11-19(22)6)23(26)27-13-20-10-16(3)15(2)9-17(20)4/h9-12,14H,8,13H2,1-7H3. The number of benzene rings is 2. The van der Waals surface area contributed by atoms with Crippen LogP contribution in [0.4, 0.5) is 5.69 Å². The molecule has 27 heavy (non-hydrogen) atoms. The third-order valence-corrected chi connectivity index (χ3v) is 4.97. The lowest BCUT2D eigenvalue weighted by atomic mass is 10.0. The van der Waals surface area contributed by atoms with Crippen molar-refractivity contribution in [1.82, 2.24) is 4.90 Å². The molecule has 0 heterocycles. The van der Waals surface area contributed by atoms with Crippen molar-refractivity contribution in [3.63, 3.8) is 0 Å². The van der Waals surface area contributed by atoms with Crippen LogP contribution in [0.2, 0.25) is 0 Å². The van der Waals surface area contributed by atoms with Crippen molar-refractivity contribution in [3.05, 3.63) is 63.2 Å². The van der Waals surface area contributed by atoms with Crippen LogP contribution in [-0.4, -0.2) is 30.8 Å². The Morgan fingerprint density at radius 3 is 2.30 bits per heavy atom. The zero-order chi connectivity index (χ0) is 20.1. The first kappa shape index (κ1) is 20.7. The fraction of sp³-hybridized carbons (Fsp3) is 0.391. The van der Waals surface area contributed by atoms with Gasteiger partial charge in [0.05, 0.1) is 17.6 Å². The third-order valence-electron chi connectivity index (χ3n) is 4.97. The first-order valence-corrected chi connectivity index (χ1v) is 9.32. The average Bonchev–Trinajstić information content (AvgIpc) is 2.63. The molecule has 2 rings (SSSR count). The average molecular weight is 367 g/mol. The molecule has 0 atom stereocenters. The number of esters is 1. The van der Waals surface area contributed by atoms with E-state index in [4.69, 9.17) is 4.74 Å². The Bertz CT molecular complexity index is 869. The van der Waals surface area contributed by atoms with Crippen LogP contribution in [0, 0.1) is 34.6 Å². The molecule has 4 heteroatoms. The maximum absolute atomic E-state index is 12.6. The van der Waals surface area contributed by atoms with Gasteiger partial charge in [-0.1, -0.05) is 12.1 Å². The van der Waals surface area contributed by atoms with Crippen LogP contribution in [0.5, 0.6) is 0 Å². The van der Waals surface area contributed by atoms with E-state index in [2.05, 4.69) is 37.9 Å². The van der Waals surface area contributed by atoms with Crippen LogP contribution in [0.1, 0.15) is 50.7 Å². The van der Waals surface area contributed by atoms with E-state index in [9.17, 15) is 4.79 Å². The lowest BCUT2D eigenvalue weighted by Gasteiger charge is -2.13. The monoisotopic (exact) mass is 366 g/mol. The second-order valence-corrected chi connectivity index (χ2v) is 7.21. The Morgan fingerprint density at radius 1 is 0.963 bits per heavy atom. The number of nitrogens with zero attached hydrogens (tertiary/aromatic N) is 2. The zero-order valence-corrected chi connectivity index (χ0v) is 17.5. The van der Waals surface area contributed by atoms with Gasteiger partial charge in [0.25, 0.3) is 0 Å². The molecule has 0 amide bonds. The molecule has 0 spiro atoms. The van der Waals surface area contributed by atoms with Gasteiger partial charge in [0.15, 0.2) is 0 Å². The van der Waals surface area contributed by atoms with Gasteiger partial charge in [0.2, 0.25) is 0 Å². The van der Waals surface area contributed by atoms with Crippen LogP contribution < -0.4 is 0 Å².